The molecule has 2 aliphatic carbocycles. The summed E-state index contributed by atoms with van der Waals surface area (Å²) in [5, 5.41) is 6.48. The second kappa shape index (κ2) is 5.13. The normalized spacial score (nSPS) is 33.2. The van der Waals surface area contributed by atoms with E-state index in [9.17, 15) is 4.79 Å². The molecule has 4 atom stereocenters. The van der Waals surface area contributed by atoms with Crippen molar-refractivity contribution in [3.63, 3.8) is 0 Å². The number of halogens is 1. The van der Waals surface area contributed by atoms with Gasteiger partial charge in [0.15, 0.2) is 0 Å². The van der Waals surface area contributed by atoms with Gasteiger partial charge in [-0.3, -0.25) is 4.79 Å². The minimum atomic E-state index is 0.0442. The molecule has 3 nitrogen and oxygen atoms in total. The third-order valence-electron chi connectivity index (χ3n) is 5.36. The van der Waals surface area contributed by atoms with Crippen molar-refractivity contribution >= 4 is 23.2 Å². The SMILES string of the molecule is O=C(c1ccccc1)N1N=C(CCCl)C2C3CCC(C3)C21. The van der Waals surface area contributed by atoms with Gasteiger partial charge in [0.05, 0.1) is 6.04 Å². The van der Waals surface area contributed by atoms with Crippen LogP contribution in [0.2, 0.25) is 0 Å². The van der Waals surface area contributed by atoms with Crippen LogP contribution in [0.1, 0.15) is 36.0 Å². The molecule has 0 radical (unpaired) electrons. The lowest BCUT2D eigenvalue weighted by atomic mass is 9.81. The van der Waals surface area contributed by atoms with Crippen molar-refractivity contribution in [3.05, 3.63) is 35.9 Å². The Labute approximate surface area is 130 Å². The zero-order valence-electron chi connectivity index (χ0n) is 11.9. The molecular formula is C17H19ClN2O. The summed E-state index contributed by atoms with van der Waals surface area (Å²) in [6, 6.07) is 9.79. The van der Waals surface area contributed by atoms with Crippen LogP contribution < -0.4 is 0 Å². The summed E-state index contributed by atoms with van der Waals surface area (Å²) in [6.07, 6.45) is 4.61. The summed E-state index contributed by atoms with van der Waals surface area (Å²) in [7, 11) is 0. The average Bonchev–Trinajstić information content (AvgIpc) is 3.20. The zero-order chi connectivity index (χ0) is 14.4. The molecule has 110 valence electrons. The third kappa shape index (κ3) is 2.02. The number of rotatable bonds is 3. The van der Waals surface area contributed by atoms with Gasteiger partial charge in [-0.25, -0.2) is 5.01 Å². The summed E-state index contributed by atoms with van der Waals surface area (Å²) < 4.78 is 0. The number of amides is 1. The first-order chi connectivity index (χ1) is 10.3. The highest BCUT2D eigenvalue weighted by molar-refractivity contribution is 6.19. The number of fused-ring (bicyclic) bond motifs is 5. The van der Waals surface area contributed by atoms with E-state index in [-0.39, 0.29) is 11.9 Å². The van der Waals surface area contributed by atoms with Crippen molar-refractivity contribution in [2.24, 2.45) is 22.9 Å². The molecule has 1 amide bonds. The molecular weight excluding hydrogens is 284 g/mol. The highest BCUT2D eigenvalue weighted by Gasteiger charge is 2.56. The van der Waals surface area contributed by atoms with E-state index in [1.54, 1.807) is 5.01 Å². The van der Waals surface area contributed by atoms with Crippen LogP contribution in [0.15, 0.2) is 35.4 Å². The number of hydrogen-bond donors (Lipinski definition) is 0. The van der Waals surface area contributed by atoms with Gasteiger partial charge in [-0.2, -0.15) is 5.10 Å². The Morgan fingerprint density at radius 1 is 1.24 bits per heavy atom. The van der Waals surface area contributed by atoms with Crippen molar-refractivity contribution in [2.45, 2.75) is 31.7 Å². The molecule has 2 bridgehead atoms. The topological polar surface area (TPSA) is 32.7 Å². The van der Waals surface area contributed by atoms with Gasteiger partial charge in [0.2, 0.25) is 0 Å². The molecule has 3 aliphatic rings. The molecule has 0 spiro atoms. The first kappa shape index (κ1) is 13.3. The molecule has 0 aromatic heterocycles. The fourth-order valence-electron chi connectivity index (χ4n) is 4.56. The molecule has 1 aliphatic heterocycles. The lowest BCUT2D eigenvalue weighted by molar-refractivity contribution is 0.0629. The van der Waals surface area contributed by atoms with E-state index in [1.807, 2.05) is 30.3 Å². The molecule has 4 unspecified atom stereocenters. The highest BCUT2D eigenvalue weighted by Crippen LogP contribution is 2.54. The van der Waals surface area contributed by atoms with Crippen LogP contribution >= 0.6 is 11.6 Å². The Balaban J connectivity index is 1.67. The molecule has 1 heterocycles. The lowest BCUT2D eigenvalue weighted by Crippen LogP contribution is -2.41. The maximum atomic E-state index is 12.8. The Kier molecular flexibility index (Phi) is 3.26. The highest BCUT2D eigenvalue weighted by atomic mass is 35.5. The first-order valence-corrected chi connectivity index (χ1v) is 8.35. The molecule has 2 saturated carbocycles. The zero-order valence-corrected chi connectivity index (χ0v) is 12.7. The number of alkyl halides is 1. The molecule has 4 rings (SSSR count). The van der Waals surface area contributed by atoms with E-state index < -0.39 is 0 Å². The fraction of sp³-hybridized carbons (Fsp3) is 0.529. The van der Waals surface area contributed by atoms with Crippen molar-refractivity contribution in [1.82, 2.24) is 5.01 Å². The summed E-state index contributed by atoms with van der Waals surface area (Å²) in [5.74, 6) is 2.45. The van der Waals surface area contributed by atoms with E-state index in [4.69, 9.17) is 16.7 Å². The summed E-state index contributed by atoms with van der Waals surface area (Å²) >= 11 is 5.93. The molecule has 1 aromatic rings. The van der Waals surface area contributed by atoms with E-state index in [1.165, 1.54) is 19.3 Å². The Bertz CT molecular complexity index is 586. The van der Waals surface area contributed by atoms with E-state index in [0.717, 1.165) is 23.6 Å². The van der Waals surface area contributed by atoms with Crippen molar-refractivity contribution in [2.75, 3.05) is 5.88 Å². The van der Waals surface area contributed by atoms with Crippen LogP contribution in [0.3, 0.4) is 0 Å². The second-order valence-electron chi connectivity index (χ2n) is 6.40. The summed E-state index contributed by atoms with van der Waals surface area (Å²) in [6.45, 7) is 0. The van der Waals surface area contributed by atoms with Gasteiger partial charge in [-0.15, -0.1) is 11.6 Å². The van der Waals surface area contributed by atoms with E-state index in [2.05, 4.69) is 0 Å². The number of hydrogen-bond acceptors (Lipinski definition) is 2. The van der Waals surface area contributed by atoms with Gasteiger partial charge in [-0.1, -0.05) is 18.2 Å². The fourth-order valence-corrected chi connectivity index (χ4v) is 4.75. The monoisotopic (exact) mass is 302 g/mol. The Morgan fingerprint density at radius 2 is 2.00 bits per heavy atom. The first-order valence-electron chi connectivity index (χ1n) is 7.81. The number of carbonyl (C=O) groups excluding carboxylic acids is 1. The van der Waals surface area contributed by atoms with Crippen LogP contribution in [0.25, 0.3) is 0 Å². The van der Waals surface area contributed by atoms with Crippen molar-refractivity contribution in [1.29, 1.82) is 0 Å². The molecule has 1 aromatic carbocycles. The Hall–Kier alpha value is -1.35. The van der Waals surface area contributed by atoms with Crippen LogP contribution in [0.4, 0.5) is 0 Å². The molecule has 4 heteroatoms. The largest absolute Gasteiger partial charge is 0.274 e. The lowest BCUT2D eigenvalue weighted by Gasteiger charge is -2.30. The van der Waals surface area contributed by atoms with E-state index in [0.29, 0.717) is 17.7 Å². The molecule has 2 fully saturated rings. The van der Waals surface area contributed by atoms with Gasteiger partial charge < -0.3 is 0 Å². The summed E-state index contributed by atoms with van der Waals surface area (Å²) in [5.41, 5.74) is 1.89. The standard InChI is InChI=1S/C17H19ClN2O/c18-9-8-14-15-12-6-7-13(10-12)16(15)20(19-14)17(21)11-4-2-1-3-5-11/h1-5,12-13,15-16H,6-10H2. The number of carbonyl (C=O) groups is 1. The number of hydrazone groups is 1. The molecule has 0 saturated heterocycles. The van der Waals surface area contributed by atoms with Gasteiger partial charge in [0.25, 0.3) is 5.91 Å². The minimum Gasteiger partial charge on any atom is -0.267 e. The average molecular weight is 303 g/mol. The van der Waals surface area contributed by atoms with Gasteiger partial charge in [-0.05, 0) is 43.2 Å². The number of nitrogens with zero attached hydrogens (tertiary/aromatic N) is 2. The number of benzene rings is 1. The van der Waals surface area contributed by atoms with Crippen LogP contribution in [-0.2, 0) is 0 Å². The maximum Gasteiger partial charge on any atom is 0.274 e. The van der Waals surface area contributed by atoms with Crippen LogP contribution in [-0.4, -0.2) is 28.5 Å². The second-order valence-corrected chi connectivity index (χ2v) is 6.77. The maximum absolute atomic E-state index is 12.8. The predicted octanol–water partition coefficient (Wildman–Crippen LogP) is 3.54. The van der Waals surface area contributed by atoms with Gasteiger partial charge >= 0.3 is 0 Å². The minimum absolute atomic E-state index is 0.0442. The quantitative estimate of drug-likeness (QED) is 0.786. The molecule has 0 N–H and O–H groups in total. The predicted molar refractivity (Wildman–Crippen MR) is 83.5 cm³/mol. The van der Waals surface area contributed by atoms with Crippen molar-refractivity contribution < 1.29 is 4.79 Å². The summed E-state index contributed by atoms with van der Waals surface area (Å²) in [4.78, 5) is 12.8. The molecule has 21 heavy (non-hydrogen) atoms. The van der Waals surface area contributed by atoms with Crippen LogP contribution in [0, 0.1) is 17.8 Å². The van der Waals surface area contributed by atoms with Gasteiger partial charge in [0, 0.05) is 29.5 Å². The smallest absolute Gasteiger partial charge is 0.267 e. The third-order valence-corrected chi connectivity index (χ3v) is 5.54. The Morgan fingerprint density at radius 3 is 2.76 bits per heavy atom. The van der Waals surface area contributed by atoms with Crippen LogP contribution in [0.5, 0.6) is 0 Å². The van der Waals surface area contributed by atoms with Gasteiger partial charge in [0.1, 0.15) is 0 Å². The van der Waals surface area contributed by atoms with E-state index >= 15 is 0 Å². The van der Waals surface area contributed by atoms with Crippen molar-refractivity contribution in [3.8, 4) is 0 Å².